The highest BCUT2D eigenvalue weighted by Gasteiger charge is 1.99. The second-order valence-electron chi connectivity index (χ2n) is 3.67. The SMILES string of the molecule is C[C@@H](O)COc1ccc2ccccc2c1. The van der Waals surface area contributed by atoms with Crippen LogP contribution in [0.15, 0.2) is 42.5 Å². The second kappa shape index (κ2) is 4.32. The lowest BCUT2D eigenvalue weighted by molar-refractivity contribution is 0.123. The van der Waals surface area contributed by atoms with Gasteiger partial charge in [0.15, 0.2) is 0 Å². The summed E-state index contributed by atoms with van der Waals surface area (Å²) in [4.78, 5) is 0. The Kier molecular flexibility index (Phi) is 2.88. The number of hydrogen-bond acceptors (Lipinski definition) is 2. The molecule has 2 aromatic carbocycles. The predicted octanol–water partition coefficient (Wildman–Crippen LogP) is 2.60. The molecule has 0 unspecified atom stereocenters. The van der Waals surface area contributed by atoms with Crippen LogP contribution in [0, 0.1) is 0 Å². The number of benzene rings is 2. The van der Waals surface area contributed by atoms with Crippen LogP contribution in [0.4, 0.5) is 0 Å². The Morgan fingerprint density at radius 2 is 1.87 bits per heavy atom. The van der Waals surface area contributed by atoms with Gasteiger partial charge in [0.05, 0.1) is 6.10 Å². The summed E-state index contributed by atoms with van der Waals surface area (Å²) in [7, 11) is 0. The van der Waals surface area contributed by atoms with Crippen molar-refractivity contribution in [2.24, 2.45) is 0 Å². The quantitative estimate of drug-likeness (QED) is 0.829. The fourth-order valence-electron chi connectivity index (χ4n) is 1.47. The van der Waals surface area contributed by atoms with E-state index in [2.05, 4.69) is 6.07 Å². The molecule has 1 N–H and O–H groups in total. The second-order valence-corrected chi connectivity index (χ2v) is 3.67. The van der Waals surface area contributed by atoms with Crippen LogP contribution >= 0.6 is 0 Å². The van der Waals surface area contributed by atoms with Crippen molar-refractivity contribution in [2.75, 3.05) is 6.61 Å². The van der Waals surface area contributed by atoms with Gasteiger partial charge in [-0.15, -0.1) is 0 Å². The molecule has 78 valence electrons. The molecule has 15 heavy (non-hydrogen) atoms. The fourth-order valence-corrected chi connectivity index (χ4v) is 1.47. The zero-order valence-corrected chi connectivity index (χ0v) is 8.68. The standard InChI is InChI=1S/C13H14O2/c1-10(14)9-15-13-7-6-11-4-2-3-5-12(11)8-13/h2-8,10,14H,9H2,1H3/t10-/m1/s1. The van der Waals surface area contributed by atoms with Crippen molar-refractivity contribution in [3.8, 4) is 5.75 Å². The third-order valence-electron chi connectivity index (χ3n) is 2.21. The smallest absolute Gasteiger partial charge is 0.120 e. The first-order valence-electron chi connectivity index (χ1n) is 5.05. The summed E-state index contributed by atoms with van der Waals surface area (Å²) in [5.41, 5.74) is 0. The topological polar surface area (TPSA) is 29.5 Å². The molecule has 0 spiro atoms. The summed E-state index contributed by atoms with van der Waals surface area (Å²) in [5, 5.41) is 11.5. The normalized spacial score (nSPS) is 12.7. The van der Waals surface area contributed by atoms with E-state index in [1.165, 1.54) is 5.39 Å². The summed E-state index contributed by atoms with van der Waals surface area (Å²) in [6, 6.07) is 14.0. The predicted molar refractivity (Wildman–Crippen MR) is 61.1 cm³/mol. The van der Waals surface area contributed by atoms with Gasteiger partial charge in [-0.3, -0.25) is 0 Å². The number of aliphatic hydroxyl groups is 1. The molecule has 0 bridgehead atoms. The van der Waals surface area contributed by atoms with Gasteiger partial charge in [0.25, 0.3) is 0 Å². The van der Waals surface area contributed by atoms with Crippen LogP contribution in [0.2, 0.25) is 0 Å². The molecular formula is C13H14O2. The summed E-state index contributed by atoms with van der Waals surface area (Å²) in [6.07, 6.45) is -0.434. The number of rotatable bonds is 3. The molecule has 0 heterocycles. The Labute approximate surface area is 89.1 Å². The van der Waals surface area contributed by atoms with E-state index in [0.29, 0.717) is 6.61 Å². The van der Waals surface area contributed by atoms with Gasteiger partial charge >= 0.3 is 0 Å². The Hall–Kier alpha value is -1.54. The molecule has 2 nitrogen and oxygen atoms in total. The maximum Gasteiger partial charge on any atom is 0.120 e. The van der Waals surface area contributed by atoms with Crippen molar-refractivity contribution >= 4 is 10.8 Å². The zero-order chi connectivity index (χ0) is 10.7. The van der Waals surface area contributed by atoms with Gasteiger partial charge in [-0.1, -0.05) is 30.3 Å². The highest BCUT2D eigenvalue weighted by molar-refractivity contribution is 5.83. The monoisotopic (exact) mass is 202 g/mol. The molecule has 0 saturated carbocycles. The van der Waals surface area contributed by atoms with E-state index < -0.39 is 6.10 Å². The molecule has 0 amide bonds. The highest BCUT2D eigenvalue weighted by Crippen LogP contribution is 2.20. The third kappa shape index (κ3) is 2.48. The van der Waals surface area contributed by atoms with Gasteiger partial charge in [0.2, 0.25) is 0 Å². The average molecular weight is 202 g/mol. The van der Waals surface area contributed by atoms with Crippen LogP contribution in [0.25, 0.3) is 10.8 Å². The van der Waals surface area contributed by atoms with Gasteiger partial charge in [-0.25, -0.2) is 0 Å². The molecular weight excluding hydrogens is 188 g/mol. The maximum atomic E-state index is 9.10. The lowest BCUT2D eigenvalue weighted by atomic mass is 10.1. The molecule has 2 rings (SSSR count). The summed E-state index contributed by atoms with van der Waals surface area (Å²) < 4.78 is 5.43. The minimum atomic E-state index is -0.434. The number of ether oxygens (including phenoxy) is 1. The van der Waals surface area contributed by atoms with Gasteiger partial charge < -0.3 is 9.84 Å². The van der Waals surface area contributed by atoms with E-state index in [0.717, 1.165) is 11.1 Å². The largest absolute Gasteiger partial charge is 0.491 e. The molecule has 2 heteroatoms. The Morgan fingerprint density at radius 3 is 2.60 bits per heavy atom. The van der Waals surface area contributed by atoms with Crippen molar-refractivity contribution in [3.05, 3.63) is 42.5 Å². The van der Waals surface area contributed by atoms with E-state index >= 15 is 0 Å². The van der Waals surface area contributed by atoms with Gasteiger partial charge in [0.1, 0.15) is 12.4 Å². The number of aliphatic hydroxyl groups excluding tert-OH is 1. The first-order chi connectivity index (χ1) is 7.25. The van der Waals surface area contributed by atoms with Crippen molar-refractivity contribution in [1.82, 2.24) is 0 Å². The van der Waals surface area contributed by atoms with Gasteiger partial charge in [-0.05, 0) is 29.8 Å². The van der Waals surface area contributed by atoms with E-state index in [4.69, 9.17) is 9.84 Å². The molecule has 0 radical (unpaired) electrons. The van der Waals surface area contributed by atoms with Crippen molar-refractivity contribution < 1.29 is 9.84 Å². The van der Waals surface area contributed by atoms with Crippen LogP contribution in [0.5, 0.6) is 5.75 Å². The van der Waals surface area contributed by atoms with Crippen molar-refractivity contribution in [1.29, 1.82) is 0 Å². The molecule has 0 aliphatic rings. The molecule has 2 aromatic rings. The Morgan fingerprint density at radius 1 is 1.13 bits per heavy atom. The summed E-state index contributed by atoms with van der Waals surface area (Å²) >= 11 is 0. The molecule has 0 aromatic heterocycles. The molecule has 0 aliphatic carbocycles. The van der Waals surface area contributed by atoms with E-state index in [9.17, 15) is 0 Å². The summed E-state index contributed by atoms with van der Waals surface area (Å²) in [6.45, 7) is 2.04. The third-order valence-corrected chi connectivity index (χ3v) is 2.21. The molecule has 0 saturated heterocycles. The Balaban J connectivity index is 2.23. The van der Waals surface area contributed by atoms with Gasteiger partial charge in [-0.2, -0.15) is 0 Å². The van der Waals surface area contributed by atoms with Crippen LogP contribution in [-0.4, -0.2) is 17.8 Å². The van der Waals surface area contributed by atoms with Crippen LogP contribution in [-0.2, 0) is 0 Å². The first kappa shape index (κ1) is 9.99. The molecule has 0 aliphatic heterocycles. The molecule has 0 fully saturated rings. The van der Waals surface area contributed by atoms with Crippen molar-refractivity contribution in [2.45, 2.75) is 13.0 Å². The lowest BCUT2D eigenvalue weighted by Gasteiger charge is -2.08. The lowest BCUT2D eigenvalue weighted by Crippen LogP contribution is -2.12. The number of fused-ring (bicyclic) bond motifs is 1. The fraction of sp³-hybridized carbons (Fsp3) is 0.231. The first-order valence-corrected chi connectivity index (χ1v) is 5.05. The van der Waals surface area contributed by atoms with Crippen LogP contribution < -0.4 is 4.74 Å². The summed E-state index contributed by atoms with van der Waals surface area (Å²) in [5.74, 6) is 0.801. The van der Waals surface area contributed by atoms with Crippen molar-refractivity contribution in [3.63, 3.8) is 0 Å². The van der Waals surface area contributed by atoms with E-state index in [1.54, 1.807) is 6.92 Å². The van der Waals surface area contributed by atoms with E-state index in [-0.39, 0.29) is 0 Å². The highest BCUT2D eigenvalue weighted by atomic mass is 16.5. The number of hydrogen-bond donors (Lipinski definition) is 1. The maximum absolute atomic E-state index is 9.10. The van der Waals surface area contributed by atoms with Crippen LogP contribution in [0.3, 0.4) is 0 Å². The molecule has 1 atom stereocenters. The Bertz CT molecular complexity index is 449. The minimum Gasteiger partial charge on any atom is -0.491 e. The minimum absolute atomic E-state index is 0.332. The zero-order valence-electron chi connectivity index (χ0n) is 8.68. The van der Waals surface area contributed by atoms with E-state index in [1.807, 2.05) is 36.4 Å². The van der Waals surface area contributed by atoms with Crippen LogP contribution in [0.1, 0.15) is 6.92 Å². The van der Waals surface area contributed by atoms with Gasteiger partial charge in [0, 0.05) is 0 Å². The average Bonchev–Trinajstić information content (AvgIpc) is 2.26.